The summed E-state index contributed by atoms with van der Waals surface area (Å²) >= 11 is 0. The minimum atomic E-state index is -0.00607. The van der Waals surface area contributed by atoms with Crippen LogP contribution in [0.2, 0.25) is 0 Å². The van der Waals surface area contributed by atoms with Gasteiger partial charge in [0.15, 0.2) is 0 Å². The summed E-state index contributed by atoms with van der Waals surface area (Å²) in [4.78, 5) is 27.2. The first kappa shape index (κ1) is 19.8. The van der Waals surface area contributed by atoms with E-state index in [2.05, 4.69) is 15.5 Å². The summed E-state index contributed by atoms with van der Waals surface area (Å²) < 4.78 is 0. The zero-order chi connectivity index (χ0) is 19.2. The van der Waals surface area contributed by atoms with Crippen LogP contribution < -0.4 is 16.4 Å². The van der Waals surface area contributed by atoms with Crippen LogP contribution in [0.4, 0.5) is 11.4 Å². The number of carbonyl (C=O) groups is 2. The maximum absolute atomic E-state index is 12.6. The Labute approximate surface area is 161 Å². The highest BCUT2D eigenvalue weighted by molar-refractivity contribution is 5.96. The third-order valence-electron chi connectivity index (χ3n) is 5.89. The molecule has 1 aliphatic carbocycles. The third kappa shape index (κ3) is 5.30. The summed E-state index contributed by atoms with van der Waals surface area (Å²) in [5.41, 5.74) is 8.27. The van der Waals surface area contributed by atoms with Crippen molar-refractivity contribution in [2.75, 3.05) is 36.8 Å². The Balaban J connectivity index is 1.60. The Morgan fingerprint density at radius 2 is 1.89 bits per heavy atom. The Bertz CT molecular complexity index is 670. The van der Waals surface area contributed by atoms with E-state index in [1.54, 1.807) is 0 Å². The van der Waals surface area contributed by atoms with Crippen molar-refractivity contribution in [1.82, 2.24) is 4.90 Å². The number of anilines is 2. The predicted octanol–water partition coefficient (Wildman–Crippen LogP) is 2.73. The van der Waals surface area contributed by atoms with E-state index in [-0.39, 0.29) is 23.7 Å². The normalized spacial score (nSPS) is 23.2. The van der Waals surface area contributed by atoms with Gasteiger partial charge in [-0.15, -0.1) is 0 Å². The molecule has 2 atom stereocenters. The number of carbonyl (C=O) groups excluding carboxylic acids is 2. The lowest BCUT2D eigenvalue weighted by Gasteiger charge is -2.25. The van der Waals surface area contributed by atoms with Gasteiger partial charge in [-0.05, 0) is 75.9 Å². The second kappa shape index (κ2) is 9.33. The fourth-order valence-corrected chi connectivity index (χ4v) is 4.24. The molecule has 6 nitrogen and oxygen atoms in total. The summed E-state index contributed by atoms with van der Waals surface area (Å²) in [6, 6.07) is 5.68. The molecule has 1 aliphatic heterocycles. The monoisotopic (exact) mass is 372 g/mol. The van der Waals surface area contributed by atoms with Gasteiger partial charge in [-0.25, -0.2) is 0 Å². The van der Waals surface area contributed by atoms with Crippen LogP contribution in [-0.4, -0.2) is 42.9 Å². The van der Waals surface area contributed by atoms with E-state index in [4.69, 9.17) is 5.73 Å². The largest absolute Gasteiger partial charge is 0.330 e. The first-order valence-electron chi connectivity index (χ1n) is 10.2. The summed E-state index contributed by atoms with van der Waals surface area (Å²) in [6.07, 6.45) is 6.58. The SMILES string of the molecule is Cc1ccc(NC(=O)[C@@H]2CCC[C@@H]2CN)cc1NC(=O)CN1CCCCC1. The number of likely N-dealkylation sites (tertiary alicyclic amines) is 1. The van der Waals surface area contributed by atoms with Gasteiger partial charge in [0, 0.05) is 17.3 Å². The van der Waals surface area contributed by atoms with Gasteiger partial charge in [-0.2, -0.15) is 0 Å². The smallest absolute Gasteiger partial charge is 0.238 e. The molecular weight excluding hydrogens is 340 g/mol. The predicted molar refractivity (Wildman–Crippen MR) is 109 cm³/mol. The number of aryl methyl sites for hydroxylation is 1. The Hall–Kier alpha value is -1.92. The number of rotatable bonds is 6. The maximum Gasteiger partial charge on any atom is 0.238 e. The summed E-state index contributed by atoms with van der Waals surface area (Å²) in [5.74, 6) is 0.312. The van der Waals surface area contributed by atoms with E-state index in [9.17, 15) is 9.59 Å². The molecule has 27 heavy (non-hydrogen) atoms. The summed E-state index contributed by atoms with van der Waals surface area (Å²) in [6.45, 7) is 4.93. The van der Waals surface area contributed by atoms with Crippen LogP contribution in [-0.2, 0) is 9.59 Å². The topological polar surface area (TPSA) is 87.5 Å². The molecule has 0 bridgehead atoms. The van der Waals surface area contributed by atoms with Gasteiger partial charge in [0.2, 0.25) is 11.8 Å². The Kier molecular flexibility index (Phi) is 6.85. The van der Waals surface area contributed by atoms with E-state index < -0.39 is 0 Å². The number of amides is 2. The highest BCUT2D eigenvalue weighted by Gasteiger charge is 2.31. The molecule has 0 spiro atoms. The number of nitrogens with two attached hydrogens (primary N) is 1. The molecule has 4 N–H and O–H groups in total. The van der Waals surface area contributed by atoms with Gasteiger partial charge < -0.3 is 16.4 Å². The van der Waals surface area contributed by atoms with E-state index in [1.165, 1.54) is 19.3 Å². The fraction of sp³-hybridized carbons (Fsp3) is 0.619. The molecule has 1 heterocycles. The van der Waals surface area contributed by atoms with Crippen molar-refractivity contribution >= 4 is 23.2 Å². The van der Waals surface area contributed by atoms with Gasteiger partial charge in [0.1, 0.15) is 0 Å². The molecule has 1 aromatic carbocycles. The average molecular weight is 373 g/mol. The number of nitrogens with zero attached hydrogens (tertiary/aromatic N) is 1. The van der Waals surface area contributed by atoms with Crippen LogP contribution in [0, 0.1) is 18.8 Å². The third-order valence-corrected chi connectivity index (χ3v) is 5.89. The van der Waals surface area contributed by atoms with Crippen molar-refractivity contribution in [3.05, 3.63) is 23.8 Å². The number of nitrogens with one attached hydrogen (secondary N) is 2. The lowest BCUT2D eigenvalue weighted by molar-refractivity contribution is -0.120. The number of hydrogen-bond donors (Lipinski definition) is 3. The molecule has 0 aromatic heterocycles. The molecule has 2 aliphatic rings. The molecule has 2 fully saturated rings. The molecule has 0 unspecified atom stereocenters. The van der Waals surface area contributed by atoms with Crippen LogP contribution in [0.25, 0.3) is 0 Å². The lowest BCUT2D eigenvalue weighted by atomic mass is 9.95. The Morgan fingerprint density at radius 3 is 2.63 bits per heavy atom. The summed E-state index contributed by atoms with van der Waals surface area (Å²) in [5, 5.41) is 6.02. The highest BCUT2D eigenvalue weighted by Crippen LogP contribution is 2.32. The van der Waals surface area contributed by atoms with Crippen LogP contribution in [0.3, 0.4) is 0 Å². The second-order valence-electron chi connectivity index (χ2n) is 7.94. The molecule has 1 saturated heterocycles. The quantitative estimate of drug-likeness (QED) is 0.716. The average Bonchev–Trinajstić information content (AvgIpc) is 3.14. The standard InChI is InChI=1S/C21H32N4O2/c1-15-8-9-17(23-21(27)18-7-5-6-16(18)13-22)12-19(15)24-20(26)14-25-10-3-2-4-11-25/h8-9,12,16,18H,2-7,10-11,13-14,22H2,1H3,(H,23,27)(H,24,26)/t16-,18-/m1/s1. The van der Waals surface area contributed by atoms with Gasteiger partial charge in [-0.3, -0.25) is 14.5 Å². The van der Waals surface area contributed by atoms with Gasteiger partial charge in [0.25, 0.3) is 0 Å². The van der Waals surface area contributed by atoms with Crippen molar-refractivity contribution in [2.24, 2.45) is 17.6 Å². The van der Waals surface area contributed by atoms with Gasteiger partial charge in [0.05, 0.1) is 6.54 Å². The molecule has 6 heteroatoms. The maximum atomic E-state index is 12.6. The van der Waals surface area contributed by atoms with Crippen LogP contribution in [0.15, 0.2) is 18.2 Å². The molecule has 0 radical (unpaired) electrons. The van der Waals surface area contributed by atoms with Crippen molar-refractivity contribution in [1.29, 1.82) is 0 Å². The minimum Gasteiger partial charge on any atom is -0.330 e. The number of hydrogen-bond acceptors (Lipinski definition) is 4. The summed E-state index contributed by atoms with van der Waals surface area (Å²) in [7, 11) is 0. The lowest BCUT2D eigenvalue weighted by Crippen LogP contribution is -2.36. The zero-order valence-electron chi connectivity index (χ0n) is 16.3. The van der Waals surface area contributed by atoms with Gasteiger partial charge >= 0.3 is 0 Å². The van der Waals surface area contributed by atoms with Gasteiger partial charge in [-0.1, -0.05) is 18.9 Å². The van der Waals surface area contributed by atoms with Crippen molar-refractivity contribution in [3.8, 4) is 0 Å². The first-order valence-corrected chi connectivity index (χ1v) is 10.2. The molecule has 1 aromatic rings. The van der Waals surface area contributed by atoms with Crippen LogP contribution in [0.5, 0.6) is 0 Å². The van der Waals surface area contributed by atoms with E-state index in [0.29, 0.717) is 13.1 Å². The first-order chi connectivity index (χ1) is 13.1. The minimum absolute atomic E-state index is 0.00228. The van der Waals surface area contributed by atoms with Crippen molar-refractivity contribution in [3.63, 3.8) is 0 Å². The molecule has 3 rings (SSSR count). The highest BCUT2D eigenvalue weighted by atomic mass is 16.2. The van der Waals surface area contributed by atoms with E-state index in [1.807, 2.05) is 25.1 Å². The van der Waals surface area contributed by atoms with Crippen LogP contribution in [0.1, 0.15) is 44.1 Å². The Morgan fingerprint density at radius 1 is 1.11 bits per heavy atom. The van der Waals surface area contributed by atoms with Crippen molar-refractivity contribution < 1.29 is 9.59 Å². The van der Waals surface area contributed by atoms with Crippen molar-refractivity contribution in [2.45, 2.75) is 45.4 Å². The van der Waals surface area contributed by atoms with E-state index in [0.717, 1.165) is 49.3 Å². The molecular formula is C21H32N4O2. The number of piperidine rings is 1. The fourth-order valence-electron chi connectivity index (χ4n) is 4.24. The molecule has 148 valence electrons. The number of benzene rings is 1. The zero-order valence-corrected chi connectivity index (χ0v) is 16.3. The second-order valence-corrected chi connectivity index (χ2v) is 7.94. The molecule has 1 saturated carbocycles. The molecule has 2 amide bonds. The van der Waals surface area contributed by atoms with E-state index >= 15 is 0 Å². The van der Waals surface area contributed by atoms with Crippen LogP contribution >= 0.6 is 0 Å².